The normalized spacial score (nSPS) is 42.7. The highest BCUT2D eigenvalue weighted by atomic mass is 16.6. The Morgan fingerprint density at radius 2 is 1.84 bits per heavy atom. The van der Waals surface area contributed by atoms with Crippen molar-refractivity contribution in [3.05, 3.63) is 0 Å². The van der Waals surface area contributed by atoms with E-state index in [0.29, 0.717) is 13.0 Å². The van der Waals surface area contributed by atoms with Crippen LogP contribution >= 0.6 is 0 Å². The topological polar surface area (TPSA) is 78.9 Å². The highest BCUT2D eigenvalue weighted by molar-refractivity contribution is 5.77. The molecule has 0 aromatic heterocycles. The lowest BCUT2D eigenvalue weighted by Gasteiger charge is -2.27. The summed E-state index contributed by atoms with van der Waals surface area (Å²) in [6.07, 6.45) is -0.0364. The van der Waals surface area contributed by atoms with Crippen molar-refractivity contribution in [1.82, 2.24) is 0 Å². The smallest absolute Gasteiger partial charge is 0.309 e. The molecule has 3 fully saturated rings. The number of hydrogen-bond acceptors (Lipinski definition) is 6. The van der Waals surface area contributed by atoms with Crippen LogP contribution in [0.25, 0.3) is 0 Å². The van der Waals surface area contributed by atoms with E-state index < -0.39 is 0 Å². The van der Waals surface area contributed by atoms with Gasteiger partial charge in [0.25, 0.3) is 0 Å². The first-order valence-corrected chi connectivity index (χ1v) is 6.50. The zero-order valence-electron chi connectivity index (χ0n) is 10.8. The largest absolute Gasteiger partial charge is 0.465 e. The Morgan fingerprint density at radius 3 is 2.47 bits per heavy atom. The van der Waals surface area contributed by atoms with Gasteiger partial charge in [0.1, 0.15) is 12.2 Å². The number of cyclic esters (lactones) is 1. The molecule has 6 atom stereocenters. The predicted octanol–water partition coefficient (Wildman–Crippen LogP) is 0.289. The average molecular weight is 268 g/mol. The second kappa shape index (κ2) is 4.21. The molecule has 0 amide bonds. The molecule has 6 nitrogen and oxygen atoms in total. The summed E-state index contributed by atoms with van der Waals surface area (Å²) >= 11 is 0. The fraction of sp³-hybridized carbons (Fsp3) is 0.769. The zero-order chi connectivity index (χ0) is 13.7. The number of esters is 3. The molecule has 0 radical (unpaired) electrons. The van der Waals surface area contributed by atoms with Crippen molar-refractivity contribution in [3.8, 4) is 0 Å². The van der Waals surface area contributed by atoms with Crippen LogP contribution in [0.5, 0.6) is 0 Å². The van der Waals surface area contributed by atoms with E-state index in [1.807, 2.05) is 0 Å². The molecule has 0 unspecified atom stereocenters. The van der Waals surface area contributed by atoms with Gasteiger partial charge < -0.3 is 14.2 Å². The Morgan fingerprint density at radius 1 is 1.16 bits per heavy atom. The summed E-state index contributed by atoms with van der Waals surface area (Å²) in [5.41, 5.74) is 0. The van der Waals surface area contributed by atoms with Crippen LogP contribution in [0, 0.1) is 23.7 Å². The molecule has 1 aliphatic heterocycles. The van der Waals surface area contributed by atoms with Crippen molar-refractivity contribution in [3.63, 3.8) is 0 Å². The van der Waals surface area contributed by atoms with Crippen molar-refractivity contribution in [2.24, 2.45) is 23.7 Å². The average Bonchev–Trinajstić information content (AvgIpc) is 2.89. The van der Waals surface area contributed by atoms with Gasteiger partial charge in [0.05, 0.1) is 12.5 Å². The van der Waals surface area contributed by atoms with Crippen LogP contribution in [0.2, 0.25) is 0 Å². The van der Waals surface area contributed by atoms with Gasteiger partial charge in [-0.1, -0.05) is 0 Å². The van der Waals surface area contributed by atoms with Gasteiger partial charge in [0, 0.05) is 31.6 Å². The van der Waals surface area contributed by atoms with Crippen LogP contribution in [0.4, 0.5) is 0 Å². The maximum atomic E-state index is 11.7. The van der Waals surface area contributed by atoms with Gasteiger partial charge in [-0.25, -0.2) is 0 Å². The summed E-state index contributed by atoms with van der Waals surface area (Å²) < 4.78 is 15.7. The van der Waals surface area contributed by atoms with E-state index in [4.69, 9.17) is 14.2 Å². The third-order valence-electron chi connectivity index (χ3n) is 4.46. The standard InChI is InChI=1S/C13H16O6/c1-5(14)18-9-3-7-10-8(4-17-13(10)16)11(9)12(7)19-6(2)15/h7-12H,3-4H2,1-2H3/t7-,8-,9+,10+,11-,12-/m0/s1. The summed E-state index contributed by atoms with van der Waals surface area (Å²) in [5.74, 6) is -1.33. The number of rotatable bonds is 2. The third-order valence-corrected chi connectivity index (χ3v) is 4.46. The van der Waals surface area contributed by atoms with Crippen LogP contribution < -0.4 is 0 Å². The minimum absolute atomic E-state index is 0.0000463. The molecule has 3 aliphatic rings. The highest BCUT2D eigenvalue weighted by Gasteiger charge is 2.66. The highest BCUT2D eigenvalue weighted by Crippen LogP contribution is 2.57. The van der Waals surface area contributed by atoms with Gasteiger partial charge in [-0.15, -0.1) is 0 Å². The van der Waals surface area contributed by atoms with Crippen LogP contribution in [-0.2, 0) is 28.6 Å². The third kappa shape index (κ3) is 1.81. The van der Waals surface area contributed by atoms with E-state index in [1.165, 1.54) is 13.8 Å². The first-order valence-electron chi connectivity index (χ1n) is 6.50. The number of ether oxygens (including phenoxy) is 3. The minimum atomic E-state index is -0.364. The Kier molecular flexibility index (Phi) is 2.76. The minimum Gasteiger partial charge on any atom is -0.465 e. The molecule has 1 saturated heterocycles. The summed E-state index contributed by atoms with van der Waals surface area (Å²) in [5, 5.41) is 0. The van der Waals surface area contributed by atoms with Gasteiger partial charge in [0.2, 0.25) is 0 Å². The Bertz CT molecular complexity index is 444. The Hall–Kier alpha value is -1.59. The SMILES string of the molecule is CC(=O)O[C@H]1[C@H]2C[C@@H](OC(C)=O)[C@@H]1[C@H]1COC(=O)[C@H]21. The molecule has 2 bridgehead atoms. The van der Waals surface area contributed by atoms with E-state index in [9.17, 15) is 14.4 Å². The molecule has 6 heteroatoms. The molecular weight excluding hydrogens is 252 g/mol. The van der Waals surface area contributed by atoms with Gasteiger partial charge in [0.15, 0.2) is 0 Å². The molecule has 0 aromatic carbocycles. The Balaban J connectivity index is 1.85. The number of hydrogen-bond donors (Lipinski definition) is 0. The quantitative estimate of drug-likeness (QED) is 0.529. The van der Waals surface area contributed by atoms with Crippen LogP contribution in [0.3, 0.4) is 0 Å². The maximum Gasteiger partial charge on any atom is 0.309 e. The van der Waals surface area contributed by atoms with Gasteiger partial charge in [-0.2, -0.15) is 0 Å². The number of carbonyl (C=O) groups is 3. The summed E-state index contributed by atoms with van der Waals surface area (Å²) in [4.78, 5) is 34.1. The monoisotopic (exact) mass is 268 g/mol. The van der Waals surface area contributed by atoms with Crippen molar-refractivity contribution >= 4 is 17.9 Å². The molecule has 19 heavy (non-hydrogen) atoms. The van der Waals surface area contributed by atoms with Crippen LogP contribution in [-0.4, -0.2) is 36.7 Å². The molecule has 2 aliphatic carbocycles. The number of fused-ring (bicyclic) bond motifs is 5. The first-order chi connectivity index (χ1) is 8.99. The second-order valence-electron chi connectivity index (χ2n) is 5.52. The molecule has 0 aromatic rings. The lowest BCUT2D eigenvalue weighted by Crippen LogP contribution is -2.35. The van der Waals surface area contributed by atoms with E-state index in [1.54, 1.807) is 0 Å². The molecule has 0 spiro atoms. The first kappa shape index (κ1) is 12.4. The molecule has 2 saturated carbocycles. The number of carbonyl (C=O) groups excluding carboxylic acids is 3. The predicted molar refractivity (Wildman–Crippen MR) is 60.6 cm³/mol. The molecule has 0 N–H and O–H groups in total. The van der Waals surface area contributed by atoms with Crippen molar-refractivity contribution in [2.75, 3.05) is 6.61 Å². The maximum absolute atomic E-state index is 11.7. The molecule has 1 heterocycles. The Labute approximate surface area is 110 Å². The van der Waals surface area contributed by atoms with E-state index in [0.717, 1.165) is 0 Å². The molecule has 104 valence electrons. The molecule has 3 rings (SSSR count). The molecular formula is C13H16O6. The van der Waals surface area contributed by atoms with Crippen LogP contribution in [0.15, 0.2) is 0 Å². The van der Waals surface area contributed by atoms with Gasteiger partial charge in [-0.05, 0) is 6.42 Å². The van der Waals surface area contributed by atoms with Gasteiger partial charge in [-0.3, -0.25) is 14.4 Å². The van der Waals surface area contributed by atoms with E-state index in [-0.39, 0.29) is 53.8 Å². The summed E-state index contributed by atoms with van der Waals surface area (Å²) in [6, 6.07) is 0. The van der Waals surface area contributed by atoms with E-state index >= 15 is 0 Å². The second-order valence-corrected chi connectivity index (χ2v) is 5.52. The summed E-state index contributed by atoms with van der Waals surface area (Å²) in [7, 11) is 0. The van der Waals surface area contributed by atoms with Crippen LogP contribution in [0.1, 0.15) is 20.3 Å². The zero-order valence-corrected chi connectivity index (χ0v) is 10.8. The lowest BCUT2D eigenvalue weighted by molar-refractivity contribution is -0.155. The fourth-order valence-electron chi connectivity index (χ4n) is 4.02. The van der Waals surface area contributed by atoms with E-state index in [2.05, 4.69) is 0 Å². The van der Waals surface area contributed by atoms with Crippen molar-refractivity contribution in [1.29, 1.82) is 0 Å². The fourth-order valence-corrected chi connectivity index (χ4v) is 4.02. The van der Waals surface area contributed by atoms with Gasteiger partial charge >= 0.3 is 17.9 Å². The lowest BCUT2D eigenvalue weighted by atomic mass is 9.80. The van der Waals surface area contributed by atoms with Crippen molar-refractivity contribution < 1.29 is 28.6 Å². The summed E-state index contributed by atoms with van der Waals surface area (Å²) in [6.45, 7) is 3.05. The van der Waals surface area contributed by atoms with Crippen molar-refractivity contribution in [2.45, 2.75) is 32.5 Å².